The standard InChI is InChI=1S/C29H29ClN2O6S/c1-5-37-27(34)29(21-17-12-18-22(30)24(21)39(35,36)32-29)25(26(33)38-28(2,3)4)31-23(19-13-8-6-9-14-19)20-15-10-7-11-16-20/h6-18,25,32H,5H2,1-4H3/t25-,29+/m1/s1. The Morgan fingerprint density at radius 3 is 2.03 bits per heavy atom. The summed E-state index contributed by atoms with van der Waals surface area (Å²) in [7, 11) is -4.35. The number of hydrogen-bond donors (Lipinski definition) is 1. The molecular weight excluding hydrogens is 540 g/mol. The van der Waals surface area contributed by atoms with Crippen LogP contribution in [0.4, 0.5) is 0 Å². The number of fused-ring (bicyclic) bond motifs is 1. The summed E-state index contributed by atoms with van der Waals surface area (Å²) < 4.78 is 40.4. The first-order valence-electron chi connectivity index (χ1n) is 12.3. The highest BCUT2D eigenvalue weighted by Gasteiger charge is 2.62. The molecule has 1 aliphatic heterocycles. The number of sulfonamides is 1. The molecular formula is C29H29ClN2O6S. The Morgan fingerprint density at radius 1 is 0.949 bits per heavy atom. The van der Waals surface area contributed by atoms with E-state index in [0.29, 0.717) is 16.8 Å². The van der Waals surface area contributed by atoms with Crippen LogP contribution in [0.15, 0.2) is 88.8 Å². The fourth-order valence-electron chi connectivity index (χ4n) is 4.44. The lowest BCUT2D eigenvalue weighted by atomic mass is 9.83. The van der Waals surface area contributed by atoms with Gasteiger partial charge in [0.25, 0.3) is 0 Å². The van der Waals surface area contributed by atoms with Crippen LogP contribution in [0.1, 0.15) is 44.4 Å². The lowest BCUT2D eigenvalue weighted by Gasteiger charge is -2.33. The van der Waals surface area contributed by atoms with Gasteiger partial charge < -0.3 is 9.47 Å². The Bertz CT molecular complexity index is 1480. The number of aliphatic imine (C=N–C) groups is 1. The number of rotatable bonds is 7. The van der Waals surface area contributed by atoms with Crippen LogP contribution in [-0.4, -0.2) is 44.3 Å². The highest BCUT2D eigenvalue weighted by Crippen LogP contribution is 2.44. The molecule has 0 saturated carbocycles. The molecule has 1 aliphatic rings. The van der Waals surface area contributed by atoms with Crippen LogP contribution in [0, 0.1) is 0 Å². The molecule has 2 atom stereocenters. The molecule has 0 aliphatic carbocycles. The minimum Gasteiger partial charge on any atom is -0.464 e. The molecule has 3 aromatic carbocycles. The van der Waals surface area contributed by atoms with Crippen molar-refractivity contribution < 1.29 is 27.5 Å². The monoisotopic (exact) mass is 568 g/mol. The van der Waals surface area contributed by atoms with E-state index in [1.807, 2.05) is 36.4 Å². The smallest absolute Gasteiger partial charge is 0.334 e. The predicted octanol–water partition coefficient (Wildman–Crippen LogP) is 4.64. The van der Waals surface area contributed by atoms with Gasteiger partial charge in [-0.05, 0) is 33.8 Å². The van der Waals surface area contributed by atoms with Gasteiger partial charge in [-0.3, -0.25) is 4.99 Å². The first-order valence-corrected chi connectivity index (χ1v) is 14.2. The number of ether oxygens (including phenoxy) is 2. The Kier molecular flexibility index (Phi) is 7.97. The van der Waals surface area contributed by atoms with Crippen molar-refractivity contribution in [1.82, 2.24) is 4.72 Å². The van der Waals surface area contributed by atoms with Crippen LogP contribution in [0.5, 0.6) is 0 Å². The lowest BCUT2D eigenvalue weighted by molar-refractivity contribution is -0.165. The van der Waals surface area contributed by atoms with E-state index >= 15 is 0 Å². The Hall–Kier alpha value is -3.53. The molecule has 39 heavy (non-hydrogen) atoms. The van der Waals surface area contributed by atoms with Crippen LogP contribution in [0.25, 0.3) is 0 Å². The summed E-state index contributed by atoms with van der Waals surface area (Å²) in [5, 5.41) is -0.107. The first kappa shape index (κ1) is 28.5. The van der Waals surface area contributed by atoms with Crippen molar-refractivity contribution in [3.05, 3.63) is 101 Å². The van der Waals surface area contributed by atoms with Crippen molar-refractivity contribution in [1.29, 1.82) is 0 Å². The topological polar surface area (TPSA) is 111 Å². The molecule has 0 unspecified atom stereocenters. The molecule has 1 heterocycles. The maximum atomic E-state index is 14.0. The summed E-state index contributed by atoms with van der Waals surface area (Å²) in [6.07, 6.45) is 0. The Morgan fingerprint density at radius 2 is 1.51 bits per heavy atom. The van der Waals surface area contributed by atoms with Gasteiger partial charge >= 0.3 is 11.9 Å². The summed E-state index contributed by atoms with van der Waals surface area (Å²) >= 11 is 6.33. The summed E-state index contributed by atoms with van der Waals surface area (Å²) in [5.74, 6) is -1.93. The van der Waals surface area contributed by atoms with E-state index in [1.165, 1.54) is 18.2 Å². The van der Waals surface area contributed by atoms with Gasteiger partial charge in [0.05, 0.1) is 17.3 Å². The van der Waals surface area contributed by atoms with Crippen LogP contribution in [-0.2, 0) is 34.6 Å². The highest BCUT2D eigenvalue weighted by molar-refractivity contribution is 7.90. The molecule has 10 heteroatoms. The van der Waals surface area contributed by atoms with Crippen molar-refractivity contribution in [3.8, 4) is 0 Å². The van der Waals surface area contributed by atoms with Crippen LogP contribution in [0.2, 0.25) is 5.02 Å². The van der Waals surface area contributed by atoms with Gasteiger partial charge in [-0.15, -0.1) is 0 Å². The van der Waals surface area contributed by atoms with Crippen molar-refractivity contribution in [2.75, 3.05) is 6.61 Å². The number of esters is 2. The molecule has 0 amide bonds. The molecule has 0 spiro atoms. The summed E-state index contributed by atoms with van der Waals surface area (Å²) in [6, 6.07) is 20.7. The van der Waals surface area contributed by atoms with Crippen LogP contribution in [0.3, 0.4) is 0 Å². The molecule has 0 fully saturated rings. The highest BCUT2D eigenvalue weighted by atomic mass is 35.5. The predicted molar refractivity (Wildman–Crippen MR) is 148 cm³/mol. The van der Waals surface area contributed by atoms with E-state index < -0.39 is 39.1 Å². The van der Waals surface area contributed by atoms with Gasteiger partial charge in [0, 0.05) is 16.7 Å². The minimum absolute atomic E-state index is 0.0477. The maximum absolute atomic E-state index is 14.0. The van der Waals surface area contributed by atoms with Crippen LogP contribution < -0.4 is 4.72 Å². The van der Waals surface area contributed by atoms with Crippen molar-refractivity contribution in [3.63, 3.8) is 0 Å². The van der Waals surface area contributed by atoms with E-state index in [0.717, 1.165) is 0 Å². The summed E-state index contributed by atoms with van der Waals surface area (Å²) in [6.45, 7) is 6.51. The molecule has 204 valence electrons. The molecule has 0 bridgehead atoms. The summed E-state index contributed by atoms with van der Waals surface area (Å²) in [5.41, 5.74) is -1.67. The second-order valence-corrected chi connectivity index (χ2v) is 11.9. The van der Waals surface area contributed by atoms with Gasteiger partial charge in [0.2, 0.25) is 10.0 Å². The molecule has 8 nitrogen and oxygen atoms in total. The molecule has 0 saturated heterocycles. The number of hydrogen-bond acceptors (Lipinski definition) is 7. The van der Waals surface area contributed by atoms with E-state index in [9.17, 15) is 18.0 Å². The van der Waals surface area contributed by atoms with Gasteiger partial charge in [-0.1, -0.05) is 84.4 Å². The fourth-order valence-corrected chi connectivity index (χ4v) is 6.60. The minimum atomic E-state index is -4.35. The number of carbonyl (C=O) groups excluding carboxylic acids is 2. The lowest BCUT2D eigenvalue weighted by Crippen LogP contribution is -2.59. The number of carbonyl (C=O) groups is 2. The first-order chi connectivity index (χ1) is 18.4. The normalized spacial score (nSPS) is 18.5. The fraction of sp³-hybridized carbons (Fsp3) is 0.276. The molecule has 4 rings (SSSR count). The third-order valence-electron chi connectivity index (χ3n) is 5.95. The molecule has 3 aromatic rings. The zero-order chi connectivity index (χ0) is 28.4. The average molecular weight is 569 g/mol. The number of benzene rings is 3. The number of nitrogens with zero attached hydrogens (tertiary/aromatic N) is 1. The second kappa shape index (κ2) is 10.9. The Labute approximate surface area is 233 Å². The third kappa shape index (κ3) is 5.61. The maximum Gasteiger partial charge on any atom is 0.334 e. The SMILES string of the molecule is CCOC(=O)[C@]1([C@H](N=C(c2ccccc2)c2ccccc2)C(=O)OC(C)(C)C)NS(=O)(=O)c2c(Cl)cccc21. The van der Waals surface area contributed by atoms with Gasteiger partial charge in [-0.25, -0.2) is 18.0 Å². The van der Waals surface area contributed by atoms with Crippen molar-refractivity contribution in [2.45, 2.75) is 49.8 Å². The van der Waals surface area contributed by atoms with Gasteiger partial charge in [-0.2, -0.15) is 4.72 Å². The number of halogens is 1. The van der Waals surface area contributed by atoms with Gasteiger partial charge in [0.1, 0.15) is 10.5 Å². The van der Waals surface area contributed by atoms with E-state index in [1.54, 1.807) is 52.0 Å². The largest absolute Gasteiger partial charge is 0.464 e. The number of nitrogens with one attached hydrogen (secondary N) is 1. The zero-order valence-electron chi connectivity index (χ0n) is 22.0. The summed E-state index contributed by atoms with van der Waals surface area (Å²) in [4.78, 5) is 32.3. The van der Waals surface area contributed by atoms with Gasteiger partial charge in [0.15, 0.2) is 11.6 Å². The quantitative estimate of drug-likeness (QED) is 0.328. The average Bonchev–Trinajstić information content (AvgIpc) is 3.13. The van der Waals surface area contributed by atoms with Crippen LogP contribution >= 0.6 is 11.6 Å². The van der Waals surface area contributed by atoms with Crippen molar-refractivity contribution in [2.24, 2.45) is 4.99 Å². The Balaban J connectivity index is 2.09. The molecule has 0 radical (unpaired) electrons. The molecule has 1 N–H and O–H groups in total. The zero-order valence-corrected chi connectivity index (χ0v) is 23.5. The van der Waals surface area contributed by atoms with E-state index in [4.69, 9.17) is 26.1 Å². The van der Waals surface area contributed by atoms with E-state index in [-0.39, 0.29) is 22.1 Å². The van der Waals surface area contributed by atoms with Crippen molar-refractivity contribution >= 4 is 39.3 Å². The molecule has 0 aromatic heterocycles. The van der Waals surface area contributed by atoms with E-state index in [2.05, 4.69) is 4.72 Å². The third-order valence-corrected chi connectivity index (χ3v) is 7.94. The second-order valence-electron chi connectivity index (χ2n) is 9.90.